The van der Waals surface area contributed by atoms with E-state index in [2.05, 4.69) is 20.8 Å². The van der Waals surface area contributed by atoms with Crippen LogP contribution in [-0.2, 0) is 4.79 Å². The normalized spacial score (nSPS) is 12.2. The first-order valence-corrected chi connectivity index (χ1v) is 7.60. The first kappa shape index (κ1) is 15.0. The van der Waals surface area contributed by atoms with Crippen LogP contribution in [0.3, 0.4) is 0 Å². The lowest BCUT2D eigenvalue weighted by molar-refractivity contribution is -0.115. The molecule has 8 heteroatoms. The average Bonchev–Trinajstić information content (AvgIpc) is 3.28. The highest BCUT2D eigenvalue weighted by atomic mass is 16.7. The number of hydrogen-bond acceptors (Lipinski definition) is 5. The highest BCUT2D eigenvalue weighted by Gasteiger charge is 2.16. The van der Waals surface area contributed by atoms with Crippen LogP contribution in [0.25, 0.3) is 10.9 Å². The van der Waals surface area contributed by atoms with E-state index in [9.17, 15) is 9.59 Å². The molecule has 1 aliphatic heterocycles. The number of hydrogen-bond donors (Lipinski definition) is 3. The van der Waals surface area contributed by atoms with E-state index in [1.807, 2.05) is 12.1 Å². The van der Waals surface area contributed by atoms with Gasteiger partial charge in [0.15, 0.2) is 11.5 Å². The third-order valence-electron chi connectivity index (χ3n) is 3.80. The van der Waals surface area contributed by atoms with Crippen LogP contribution in [0.1, 0.15) is 10.4 Å². The number of fused-ring (bicyclic) bond motifs is 2. The van der Waals surface area contributed by atoms with Crippen molar-refractivity contribution in [1.29, 1.82) is 0 Å². The Morgan fingerprint density at radius 2 is 2.04 bits per heavy atom. The zero-order valence-corrected chi connectivity index (χ0v) is 13.0. The molecule has 8 nitrogen and oxygen atoms in total. The largest absolute Gasteiger partial charge is 0.454 e. The zero-order chi connectivity index (χ0) is 17.2. The van der Waals surface area contributed by atoms with Gasteiger partial charge < -0.3 is 20.1 Å². The van der Waals surface area contributed by atoms with Gasteiger partial charge in [-0.1, -0.05) is 12.1 Å². The fourth-order valence-electron chi connectivity index (χ4n) is 2.57. The SMILES string of the molecule is O=C(CNC(=O)c1ccc2c(c1)OCO2)Nc1cccc2cn[nH]c12. The molecule has 25 heavy (non-hydrogen) atoms. The van der Waals surface area contributed by atoms with Crippen molar-refractivity contribution in [2.75, 3.05) is 18.7 Å². The van der Waals surface area contributed by atoms with Crippen molar-refractivity contribution >= 4 is 28.4 Å². The third-order valence-corrected chi connectivity index (χ3v) is 3.80. The predicted molar refractivity (Wildman–Crippen MR) is 89.6 cm³/mol. The van der Waals surface area contributed by atoms with Crippen molar-refractivity contribution in [3.05, 3.63) is 48.2 Å². The van der Waals surface area contributed by atoms with E-state index in [4.69, 9.17) is 9.47 Å². The molecule has 1 aliphatic rings. The maximum absolute atomic E-state index is 12.2. The number of rotatable bonds is 4. The lowest BCUT2D eigenvalue weighted by Gasteiger charge is -2.08. The summed E-state index contributed by atoms with van der Waals surface area (Å²) in [6, 6.07) is 10.3. The van der Waals surface area contributed by atoms with Gasteiger partial charge in [0.05, 0.1) is 23.9 Å². The lowest BCUT2D eigenvalue weighted by Crippen LogP contribution is -2.32. The van der Waals surface area contributed by atoms with Crippen LogP contribution in [0.15, 0.2) is 42.6 Å². The van der Waals surface area contributed by atoms with Crippen LogP contribution < -0.4 is 20.1 Å². The molecule has 3 N–H and O–H groups in total. The van der Waals surface area contributed by atoms with Crippen molar-refractivity contribution in [3.63, 3.8) is 0 Å². The number of para-hydroxylation sites is 1. The fraction of sp³-hybridized carbons (Fsp3) is 0.118. The molecule has 0 bridgehead atoms. The Labute approximate surface area is 142 Å². The highest BCUT2D eigenvalue weighted by molar-refractivity contribution is 6.03. The maximum Gasteiger partial charge on any atom is 0.251 e. The molecular formula is C17H14N4O4. The first-order chi connectivity index (χ1) is 12.2. The molecule has 0 spiro atoms. The lowest BCUT2D eigenvalue weighted by atomic mass is 10.2. The maximum atomic E-state index is 12.2. The van der Waals surface area contributed by atoms with Gasteiger partial charge in [-0.2, -0.15) is 5.10 Å². The van der Waals surface area contributed by atoms with E-state index in [1.165, 1.54) is 0 Å². The second-order valence-electron chi connectivity index (χ2n) is 5.44. The van der Waals surface area contributed by atoms with Crippen molar-refractivity contribution in [2.45, 2.75) is 0 Å². The number of nitrogens with zero attached hydrogens (tertiary/aromatic N) is 1. The molecule has 0 radical (unpaired) electrons. The minimum atomic E-state index is -0.367. The number of nitrogens with one attached hydrogen (secondary N) is 3. The topological polar surface area (TPSA) is 105 Å². The number of anilines is 1. The van der Waals surface area contributed by atoms with Gasteiger partial charge in [-0.25, -0.2) is 0 Å². The van der Waals surface area contributed by atoms with Gasteiger partial charge in [-0.15, -0.1) is 0 Å². The van der Waals surface area contributed by atoms with E-state index in [0.717, 1.165) is 10.9 Å². The van der Waals surface area contributed by atoms with Crippen LogP contribution in [0.5, 0.6) is 11.5 Å². The summed E-state index contributed by atoms with van der Waals surface area (Å²) in [5.74, 6) is 0.411. The number of aromatic amines is 1. The Bertz CT molecular complexity index is 966. The van der Waals surface area contributed by atoms with Gasteiger partial charge in [-0.3, -0.25) is 14.7 Å². The van der Waals surface area contributed by atoms with Gasteiger partial charge >= 0.3 is 0 Å². The van der Waals surface area contributed by atoms with Gasteiger partial charge in [0.1, 0.15) is 0 Å². The number of amides is 2. The van der Waals surface area contributed by atoms with Crippen molar-refractivity contribution in [3.8, 4) is 11.5 Å². The number of benzene rings is 2. The second kappa shape index (κ2) is 6.16. The molecule has 1 aromatic heterocycles. The summed E-state index contributed by atoms with van der Waals surface area (Å²) in [6.45, 7) is -0.0141. The summed E-state index contributed by atoms with van der Waals surface area (Å²) in [4.78, 5) is 24.3. The molecule has 0 aliphatic carbocycles. The molecular weight excluding hydrogens is 324 g/mol. The Hall–Kier alpha value is -3.55. The highest BCUT2D eigenvalue weighted by Crippen LogP contribution is 2.32. The van der Waals surface area contributed by atoms with Crippen LogP contribution in [0, 0.1) is 0 Å². The van der Waals surface area contributed by atoms with E-state index < -0.39 is 0 Å². The quantitative estimate of drug-likeness (QED) is 0.671. The summed E-state index contributed by atoms with van der Waals surface area (Å²) in [5.41, 5.74) is 1.74. The van der Waals surface area contributed by atoms with E-state index >= 15 is 0 Å². The van der Waals surface area contributed by atoms with Crippen LogP contribution >= 0.6 is 0 Å². The van der Waals surface area contributed by atoms with E-state index in [0.29, 0.717) is 22.7 Å². The van der Waals surface area contributed by atoms with E-state index in [-0.39, 0.29) is 25.2 Å². The number of aromatic nitrogens is 2. The number of carbonyl (C=O) groups excluding carboxylic acids is 2. The number of H-pyrrole nitrogens is 1. The predicted octanol–water partition coefficient (Wildman–Crippen LogP) is 1.66. The number of carbonyl (C=O) groups is 2. The number of ether oxygens (including phenoxy) is 2. The standard InChI is InChI=1S/C17H14N4O4/c22-15(20-12-3-1-2-11-7-19-21-16(11)12)8-18-17(23)10-4-5-13-14(6-10)25-9-24-13/h1-7H,8-9H2,(H,18,23)(H,19,21)(H,20,22). The van der Waals surface area contributed by atoms with Gasteiger partial charge in [-0.05, 0) is 24.3 Å². The minimum Gasteiger partial charge on any atom is -0.454 e. The Balaban J connectivity index is 1.38. The van der Waals surface area contributed by atoms with Gasteiger partial charge in [0, 0.05) is 10.9 Å². The summed E-state index contributed by atoms with van der Waals surface area (Å²) < 4.78 is 10.4. The molecule has 2 aromatic carbocycles. The summed E-state index contributed by atoms with van der Waals surface area (Å²) in [5, 5.41) is 13.0. The molecule has 0 fully saturated rings. The Morgan fingerprint density at radius 3 is 2.96 bits per heavy atom. The molecule has 4 rings (SSSR count). The van der Waals surface area contributed by atoms with Crippen LogP contribution in [0.2, 0.25) is 0 Å². The molecule has 0 unspecified atom stereocenters. The minimum absolute atomic E-state index is 0.141. The average molecular weight is 338 g/mol. The van der Waals surface area contributed by atoms with Gasteiger partial charge in [0.25, 0.3) is 5.91 Å². The van der Waals surface area contributed by atoms with Gasteiger partial charge in [0.2, 0.25) is 12.7 Å². The molecule has 0 saturated carbocycles. The zero-order valence-electron chi connectivity index (χ0n) is 13.0. The molecule has 2 heterocycles. The van der Waals surface area contributed by atoms with Crippen molar-refractivity contribution in [2.24, 2.45) is 0 Å². The molecule has 3 aromatic rings. The molecule has 0 saturated heterocycles. The van der Waals surface area contributed by atoms with E-state index in [1.54, 1.807) is 30.5 Å². The summed E-state index contributed by atoms with van der Waals surface area (Å²) >= 11 is 0. The first-order valence-electron chi connectivity index (χ1n) is 7.60. The molecule has 2 amide bonds. The Morgan fingerprint density at radius 1 is 1.16 bits per heavy atom. The van der Waals surface area contributed by atoms with Crippen molar-refractivity contribution in [1.82, 2.24) is 15.5 Å². The van der Waals surface area contributed by atoms with Crippen LogP contribution in [0.4, 0.5) is 5.69 Å². The smallest absolute Gasteiger partial charge is 0.251 e. The van der Waals surface area contributed by atoms with Crippen LogP contribution in [-0.4, -0.2) is 35.3 Å². The summed E-state index contributed by atoms with van der Waals surface area (Å²) in [6.07, 6.45) is 1.67. The third kappa shape index (κ3) is 2.97. The molecule has 0 atom stereocenters. The Kier molecular flexibility index (Phi) is 3.70. The summed E-state index contributed by atoms with van der Waals surface area (Å²) in [7, 11) is 0. The monoisotopic (exact) mass is 338 g/mol. The van der Waals surface area contributed by atoms with Crippen molar-refractivity contribution < 1.29 is 19.1 Å². The molecule has 126 valence electrons. The second-order valence-corrected chi connectivity index (χ2v) is 5.44. The fourth-order valence-corrected chi connectivity index (χ4v) is 2.57.